The van der Waals surface area contributed by atoms with Crippen LogP contribution in [-0.2, 0) is 14.8 Å². The number of carbonyl (C=O) groups excluding carboxylic acids is 1. The summed E-state index contributed by atoms with van der Waals surface area (Å²) in [4.78, 5) is 13.6. The van der Waals surface area contributed by atoms with E-state index in [0.29, 0.717) is 24.5 Å². The van der Waals surface area contributed by atoms with Crippen molar-refractivity contribution in [2.45, 2.75) is 23.8 Å². The Hall–Kier alpha value is -2.58. The lowest BCUT2D eigenvalue weighted by Crippen LogP contribution is -2.40. The van der Waals surface area contributed by atoms with Gasteiger partial charge >= 0.3 is 0 Å². The first-order chi connectivity index (χ1) is 13.0. The summed E-state index contributed by atoms with van der Waals surface area (Å²) in [6.45, 7) is 1.04. The fraction of sp³-hybridized carbons (Fsp3) is 0.316. The molecule has 1 amide bonds. The second-order valence-corrected chi connectivity index (χ2v) is 8.26. The molecule has 0 saturated carbocycles. The van der Waals surface area contributed by atoms with Gasteiger partial charge in [0.05, 0.1) is 11.4 Å². The molecule has 2 aliphatic heterocycles. The first-order valence-electron chi connectivity index (χ1n) is 8.81. The molecular formula is C19H20N2O5S. The van der Waals surface area contributed by atoms with Gasteiger partial charge in [0.2, 0.25) is 15.9 Å². The van der Waals surface area contributed by atoms with Crippen LogP contribution in [0, 0.1) is 0 Å². The molecule has 4 rings (SSSR count). The Morgan fingerprint density at radius 3 is 2.52 bits per heavy atom. The van der Waals surface area contributed by atoms with E-state index in [1.165, 1.54) is 12.1 Å². The Balaban J connectivity index is 1.39. The second kappa shape index (κ2) is 7.21. The summed E-state index contributed by atoms with van der Waals surface area (Å²) in [5, 5.41) is 0. The highest BCUT2D eigenvalue weighted by molar-refractivity contribution is 7.89. The van der Waals surface area contributed by atoms with Crippen LogP contribution in [0.3, 0.4) is 0 Å². The number of nitrogens with zero attached hydrogens (tertiary/aromatic N) is 1. The van der Waals surface area contributed by atoms with Crippen LogP contribution in [0.2, 0.25) is 0 Å². The van der Waals surface area contributed by atoms with E-state index < -0.39 is 16.1 Å². The van der Waals surface area contributed by atoms with Gasteiger partial charge < -0.3 is 14.4 Å². The van der Waals surface area contributed by atoms with Gasteiger partial charge in [0.15, 0.2) is 11.5 Å². The molecule has 8 heteroatoms. The van der Waals surface area contributed by atoms with Crippen LogP contribution in [0.25, 0.3) is 0 Å². The van der Waals surface area contributed by atoms with E-state index in [4.69, 9.17) is 9.47 Å². The van der Waals surface area contributed by atoms with Crippen molar-refractivity contribution in [3.63, 3.8) is 0 Å². The van der Waals surface area contributed by atoms with Crippen molar-refractivity contribution in [3.8, 4) is 11.5 Å². The molecule has 2 heterocycles. The number of anilines is 1. The van der Waals surface area contributed by atoms with E-state index in [9.17, 15) is 13.2 Å². The molecule has 2 aromatic carbocycles. The standard InChI is InChI=1S/C19H20N2O5S/c22-19-6-3-11-21(19)14-7-9-16(10-8-14)27(23,24)20-12-15-13-25-17-4-1-2-5-18(17)26-15/h1-2,4-5,7-10,15,20H,3,6,11-13H2/t15-/m0/s1. The van der Waals surface area contributed by atoms with Crippen LogP contribution in [-0.4, -0.2) is 40.1 Å². The zero-order valence-electron chi connectivity index (χ0n) is 14.6. The number of para-hydroxylation sites is 2. The normalized spacial score (nSPS) is 19.3. The average molecular weight is 388 g/mol. The van der Waals surface area contributed by atoms with Crippen molar-refractivity contribution in [3.05, 3.63) is 48.5 Å². The predicted molar refractivity (Wildman–Crippen MR) is 99.6 cm³/mol. The van der Waals surface area contributed by atoms with E-state index in [1.54, 1.807) is 23.1 Å². The summed E-state index contributed by atoms with van der Waals surface area (Å²) in [6.07, 6.45) is 0.956. The van der Waals surface area contributed by atoms with E-state index in [0.717, 1.165) is 12.1 Å². The minimum Gasteiger partial charge on any atom is -0.486 e. The first kappa shape index (κ1) is 17.8. The lowest BCUT2D eigenvalue weighted by atomic mass is 10.2. The van der Waals surface area contributed by atoms with Crippen molar-refractivity contribution in [2.24, 2.45) is 0 Å². The molecule has 2 aromatic rings. The number of ether oxygens (including phenoxy) is 2. The molecular weight excluding hydrogens is 368 g/mol. The second-order valence-electron chi connectivity index (χ2n) is 6.49. The smallest absolute Gasteiger partial charge is 0.240 e. The average Bonchev–Trinajstić information content (AvgIpc) is 3.12. The molecule has 1 saturated heterocycles. The highest BCUT2D eigenvalue weighted by Crippen LogP contribution is 2.30. The Labute approximate surface area is 157 Å². The maximum atomic E-state index is 12.5. The monoisotopic (exact) mass is 388 g/mol. The van der Waals surface area contributed by atoms with Crippen LogP contribution in [0.5, 0.6) is 11.5 Å². The molecule has 0 aliphatic carbocycles. The Morgan fingerprint density at radius 2 is 1.81 bits per heavy atom. The van der Waals surface area contributed by atoms with Crippen molar-refractivity contribution in [2.75, 3.05) is 24.6 Å². The van der Waals surface area contributed by atoms with Crippen LogP contribution in [0.1, 0.15) is 12.8 Å². The minimum absolute atomic E-state index is 0.0680. The highest BCUT2D eigenvalue weighted by atomic mass is 32.2. The van der Waals surface area contributed by atoms with E-state index in [-0.39, 0.29) is 24.0 Å². The molecule has 0 bridgehead atoms. The SMILES string of the molecule is O=C1CCCN1c1ccc(S(=O)(=O)NC[C@H]2COc3ccccc3O2)cc1. The van der Waals surface area contributed by atoms with Crippen molar-refractivity contribution >= 4 is 21.6 Å². The molecule has 1 N–H and O–H groups in total. The minimum atomic E-state index is -3.68. The van der Waals surface area contributed by atoms with Gasteiger partial charge in [0, 0.05) is 18.7 Å². The Morgan fingerprint density at radius 1 is 1.07 bits per heavy atom. The molecule has 0 aromatic heterocycles. The molecule has 0 unspecified atom stereocenters. The number of fused-ring (bicyclic) bond motifs is 1. The summed E-state index contributed by atoms with van der Waals surface area (Å²) in [7, 11) is -3.68. The predicted octanol–water partition coefficient (Wildman–Crippen LogP) is 1.93. The third kappa shape index (κ3) is 3.77. The topological polar surface area (TPSA) is 84.9 Å². The van der Waals surface area contributed by atoms with Gasteiger partial charge in [-0.15, -0.1) is 0 Å². The number of hydrogen-bond acceptors (Lipinski definition) is 5. The summed E-state index contributed by atoms with van der Waals surface area (Å²) in [5.74, 6) is 1.33. The van der Waals surface area contributed by atoms with Crippen molar-refractivity contribution in [1.82, 2.24) is 4.72 Å². The molecule has 0 spiro atoms. The zero-order chi connectivity index (χ0) is 18.9. The Bertz CT molecular complexity index is 943. The number of carbonyl (C=O) groups is 1. The molecule has 142 valence electrons. The number of nitrogens with one attached hydrogen (secondary N) is 1. The van der Waals surface area contributed by atoms with Gasteiger partial charge in [-0.25, -0.2) is 13.1 Å². The van der Waals surface area contributed by atoms with Gasteiger partial charge in [-0.1, -0.05) is 12.1 Å². The van der Waals surface area contributed by atoms with Crippen LogP contribution in [0.4, 0.5) is 5.69 Å². The molecule has 0 radical (unpaired) electrons. The maximum absolute atomic E-state index is 12.5. The van der Waals surface area contributed by atoms with Crippen LogP contribution < -0.4 is 19.1 Å². The lowest BCUT2D eigenvalue weighted by molar-refractivity contribution is -0.117. The zero-order valence-corrected chi connectivity index (χ0v) is 15.4. The quantitative estimate of drug-likeness (QED) is 0.846. The van der Waals surface area contributed by atoms with E-state index in [1.807, 2.05) is 18.2 Å². The molecule has 2 aliphatic rings. The fourth-order valence-electron chi connectivity index (χ4n) is 3.18. The van der Waals surface area contributed by atoms with E-state index >= 15 is 0 Å². The Kier molecular flexibility index (Phi) is 4.75. The fourth-order valence-corrected chi connectivity index (χ4v) is 4.24. The van der Waals surface area contributed by atoms with Gasteiger partial charge in [0.1, 0.15) is 12.7 Å². The van der Waals surface area contributed by atoms with E-state index in [2.05, 4.69) is 4.72 Å². The first-order valence-corrected chi connectivity index (χ1v) is 10.3. The molecule has 7 nitrogen and oxygen atoms in total. The summed E-state index contributed by atoms with van der Waals surface area (Å²) in [5.41, 5.74) is 0.720. The largest absolute Gasteiger partial charge is 0.486 e. The maximum Gasteiger partial charge on any atom is 0.240 e. The summed E-state index contributed by atoms with van der Waals surface area (Å²) < 4.78 is 39.0. The molecule has 1 atom stereocenters. The van der Waals surface area contributed by atoms with Crippen molar-refractivity contribution < 1.29 is 22.7 Å². The van der Waals surface area contributed by atoms with Gasteiger partial charge in [-0.05, 0) is 42.8 Å². The lowest BCUT2D eigenvalue weighted by Gasteiger charge is -2.26. The van der Waals surface area contributed by atoms with Gasteiger partial charge in [-0.2, -0.15) is 0 Å². The highest BCUT2D eigenvalue weighted by Gasteiger charge is 2.25. The number of rotatable bonds is 5. The van der Waals surface area contributed by atoms with Crippen LogP contribution in [0.15, 0.2) is 53.4 Å². The molecule has 27 heavy (non-hydrogen) atoms. The third-order valence-corrected chi connectivity index (χ3v) is 6.04. The van der Waals surface area contributed by atoms with Gasteiger partial charge in [-0.3, -0.25) is 4.79 Å². The summed E-state index contributed by atoms with van der Waals surface area (Å²) in [6, 6.07) is 13.6. The number of sulfonamides is 1. The number of hydrogen-bond donors (Lipinski definition) is 1. The van der Waals surface area contributed by atoms with Crippen molar-refractivity contribution in [1.29, 1.82) is 0 Å². The number of amides is 1. The third-order valence-electron chi connectivity index (χ3n) is 4.60. The van der Waals surface area contributed by atoms with Crippen LogP contribution >= 0.6 is 0 Å². The summed E-state index contributed by atoms with van der Waals surface area (Å²) >= 11 is 0. The molecule has 1 fully saturated rings. The number of benzene rings is 2. The van der Waals surface area contributed by atoms with Gasteiger partial charge in [0.25, 0.3) is 0 Å².